The van der Waals surface area contributed by atoms with Gasteiger partial charge in [-0.3, -0.25) is 14.4 Å². The first-order valence-electron chi connectivity index (χ1n) is 6.22. The molecule has 3 unspecified atom stereocenters. The summed E-state index contributed by atoms with van der Waals surface area (Å²) in [4.78, 5) is 33.4. The first-order chi connectivity index (χ1) is 9.76. The Bertz CT molecular complexity index is 408. The molecule has 0 saturated carbocycles. The molecule has 0 aromatic carbocycles. The molecule has 0 aromatic heterocycles. The first-order valence-corrected chi connectivity index (χ1v) is 6.22. The van der Waals surface area contributed by atoms with E-state index in [2.05, 4.69) is 0 Å². The minimum atomic E-state index is -1.64. The zero-order valence-corrected chi connectivity index (χ0v) is 11.8. The van der Waals surface area contributed by atoms with Gasteiger partial charge in [-0.1, -0.05) is 0 Å². The van der Waals surface area contributed by atoms with Gasteiger partial charge in [-0.2, -0.15) is 0 Å². The van der Waals surface area contributed by atoms with Crippen LogP contribution in [-0.4, -0.2) is 65.4 Å². The van der Waals surface area contributed by atoms with Crippen LogP contribution in [0.5, 0.6) is 0 Å². The number of carbonyl (C=O) groups is 3. The molecule has 1 aliphatic rings. The zero-order chi connectivity index (χ0) is 16.2. The van der Waals surface area contributed by atoms with Crippen molar-refractivity contribution in [3.8, 4) is 0 Å². The average Bonchev–Trinajstić information content (AvgIpc) is 2.35. The van der Waals surface area contributed by atoms with E-state index in [0.717, 1.165) is 20.8 Å². The highest BCUT2D eigenvalue weighted by Crippen LogP contribution is 2.27. The summed E-state index contributed by atoms with van der Waals surface area (Å²) in [5.74, 6) is -2.19. The smallest absolute Gasteiger partial charge is 0.303 e. The van der Waals surface area contributed by atoms with Gasteiger partial charge in [0.2, 0.25) is 0 Å². The third-order valence-corrected chi connectivity index (χ3v) is 2.70. The van der Waals surface area contributed by atoms with E-state index in [4.69, 9.17) is 18.9 Å². The molecule has 1 heterocycles. The minimum Gasteiger partial charge on any atom is -0.456 e. The average molecular weight is 306 g/mol. The van der Waals surface area contributed by atoms with Crippen molar-refractivity contribution in [2.24, 2.45) is 0 Å². The van der Waals surface area contributed by atoms with Crippen molar-refractivity contribution in [3.63, 3.8) is 0 Å². The van der Waals surface area contributed by atoms with E-state index < -0.39 is 55.2 Å². The van der Waals surface area contributed by atoms with Crippen LogP contribution >= 0.6 is 0 Å². The fourth-order valence-corrected chi connectivity index (χ4v) is 2.02. The molecule has 0 aliphatic carbocycles. The van der Waals surface area contributed by atoms with Gasteiger partial charge in [-0.05, 0) is 0 Å². The quantitative estimate of drug-likeness (QED) is 0.470. The number of esters is 3. The second-order valence-corrected chi connectivity index (χ2v) is 4.47. The Kier molecular flexibility index (Phi) is 6.06. The van der Waals surface area contributed by atoms with Gasteiger partial charge in [0.1, 0.15) is 6.10 Å². The molecule has 1 saturated heterocycles. The van der Waals surface area contributed by atoms with Crippen LogP contribution in [0.3, 0.4) is 0 Å². The fourth-order valence-electron chi connectivity index (χ4n) is 2.02. The Morgan fingerprint density at radius 3 is 1.76 bits per heavy atom. The lowest BCUT2D eigenvalue weighted by atomic mass is 9.98. The lowest BCUT2D eigenvalue weighted by Gasteiger charge is -2.42. The van der Waals surface area contributed by atoms with Crippen molar-refractivity contribution in [2.75, 3.05) is 6.61 Å². The normalized spacial score (nSPS) is 32.1. The maximum absolute atomic E-state index is 11.2. The Morgan fingerprint density at radius 2 is 1.33 bits per heavy atom. The Morgan fingerprint density at radius 1 is 0.905 bits per heavy atom. The molecule has 21 heavy (non-hydrogen) atoms. The van der Waals surface area contributed by atoms with E-state index in [1.54, 1.807) is 0 Å². The highest BCUT2D eigenvalue weighted by Gasteiger charge is 2.51. The largest absolute Gasteiger partial charge is 0.456 e. The summed E-state index contributed by atoms with van der Waals surface area (Å²) < 4.78 is 19.8. The summed E-state index contributed by atoms with van der Waals surface area (Å²) in [6, 6.07) is 0. The van der Waals surface area contributed by atoms with Crippen LogP contribution in [0.15, 0.2) is 0 Å². The first kappa shape index (κ1) is 17.3. The number of aliphatic hydroxyl groups excluding tert-OH is 2. The summed E-state index contributed by atoms with van der Waals surface area (Å²) in [5, 5.41) is 19.0. The maximum atomic E-state index is 11.2. The molecule has 120 valence electrons. The summed E-state index contributed by atoms with van der Waals surface area (Å²) in [6.45, 7) is 2.71. The van der Waals surface area contributed by atoms with E-state index >= 15 is 0 Å². The molecule has 9 nitrogen and oxygen atoms in total. The van der Waals surface area contributed by atoms with Gasteiger partial charge in [0.15, 0.2) is 24.6 Å². The van der Waals surface area contributed by atoms with Gasteiger partial charge in [-0.25, -0.2) is 0 Å². The monoisotopic (exact) mass is 306 g/mol. The van der Waals surface area contributed by atoms with E-state index in [9.17, 15) is 24.6 Å². The van der Waals surface area contributed by atoms with E-state index in [-0.39, 0.29) is 0 Å². The van der Waals surface area contributed by atoms with Crippen LogP contribution in [0.25, 0.3) is 0 Å². The molecule has 9 heteroatoms. The highest BCUT2D eigenvalue weighted by molar-refractivity contribution is 5.68. The number of hydrogen-bond acceptors (Lipinski definition) is 9. The van der Waals surface area contributed by atoms with Crippen LogP contribution in [0.2, 0.25) is 0 Å². The van der Waals surface area contributed by atoms with Crippen LogP contribution in [0.1, 0.15) is 20.8 Å². The summed E-state index contributed by atoms with van der Waals surface area (Å²) in [7, 11) is 0. The molecule has 1 rings (SSSR count). The molecule has 0 spiro atoms. The van der Waals surface area contributed by atoms with E-state index in [1.165, 1.54) is 0 Å². The number of hydrogen-bond donors (Lipinski definition) is 2. The van der Waals surface area contributed by atoms with E-state index in [1.807, 2.05) is 0 Å². The molecule has 0 aromatic rings. The van der Waals surface area contributed by atoms with Crippen molar-refractivity contribution in [1.29, 1.82) is 0 Å². The minimum absolute atomic E-state index is 0.598. The molecular weight excluding hydrogens is 288 g/mol. The van der Waals surface area contributed by atoms with Crippen molar-refractivity contribution >= 4 is 17.9 Å². The highest BCUT2D eigenvalue weighted by atomic mass is 16.7. The second kappa shape index (κ2) is 7.34. The predicted molar refractivity (Wildman–Crippen MR) is 64.6 cm³/mol. The molecule has 0 radical (unpaired) electrons. The lowest BCUT2D eigenvalue weighted by Crippen LogP contribution is -2.62. The number of carbonyl (C=O) groups excluding carboxylic acids is 3. The summed E-state index contributed by atoms with van der Waals surface area (Å²) >= 11 is 0. The van der Waals surface area contributed by atoms with Gasteiger partial charge in [0.05, 0.1) is 6.61 Å². The molecule has 1 fully saturated rings. The fraction of sp³-hybridized carbons (Fsp3) is 0.750. The van der Waals surface area contributed by atoms with Crippen molar-refractivity contribution < 1.29 is 43.5 Å². The second-order valence-electron chi connectivity index (χ2n) is 4.47. The SMILES string of the molecule is CC(=O)OC1C(O)OC(CO)[C@@H](OC(C)=O)[C@H]1OC(C)=O. The van der Waals surface area contributed by atoms with Gasteiger partial charge >= 0.3 is 17.9 Å². The van der Waals surface area contributed by atoms with Crippen LogP contribution in [0, 0.1) is 0 Å². The topological polar surface area (TPSA) is 129 Å². The van der Waals surface area contributed by atoms with Crippen molar-refractivity contribution in [1.82, 2.24) is 0 Å². The Hall–Kier alpha value is -1.71. The number of rotatable bonds is 4. The third kappa shape index (κ3) is 4.66. The van der Waals surface area contributed by atoms with Crippen LogP contribution in [-0.2, 0) is 33.3 Å². The molecule has 0 bridgehead atoms. The number of aliphatic hydroxyl groups is 2. The molecular formula is C12H18O9. The molecule has 5 atom stereocenters. The molecule has 2 N–H and O–H groups in total. The van der Waals surface area contributed by atoms with Crippen LogP contribution in [0.4, 0.5) is 0 Å². The standard InChI is InChI=1S/C12H18O9/c1-5(14)18-9-8(4-13)21-12(17)11(20-7(3)16)10(9)19-6(2)15/h8-13,17H,4H2,1-3H3/t8?,9-,10-,11?,12?/m1/s1. The Balaban J connectivity index is 3.08. The molecule has 0 amide bonds. The predicted octanol–water partition coefficient (Wildman–Crippen LogP) is -1.51. The van der Waals surface area contributed by atoms with E-state index in [0.29, 0.717) is 0 Å². The lowest BCUT2D eigenvalue weighted by molar-refractivity contribution is -0.295. The Labute approximate surface area is 120 Å². The summed E-state index contributed by atoms with van der Waals surface area (Å²) in [5.41, 5.74) is 0. The maximum Gasteiger partial charge on any atom is 0.303 e. The zero-order valence-electron chi connectivity index (χ0n) is 11.8. The molecule has 1 aliphatic heterocycles. The van der Waals surface area contributed by atoms with Gasteiger partial charge in [0, 0.05) is 20.8 Å². The van der Waals surface area contributed by atoms with Crippen molar-refractivity contribution in [3.05, 3.63) is 0 Å². The third-order valence-electron chi connectivity index (χ3n) is 2.70. The summed E-state index contributed by atoms with van der Waals surface area (Å²) in [6.07, 6.45) is -6.65. The van der Waals surface area contributed by atoms with Crippen LogP contribution < -0.4 is 0 Å². The van der Waals surface area contributed by atoms with Gasteiger partial charge in [0.25, 0.3) is 0 Å². The van der Waals surface area contributed by atoms with Gasteiger partial charge in [-0.15, -0.1) is 0 Å². The van der Waals surface area contributed by atoms with Gasteiger partial charge < -0.3 is 29.2 Å². The number of ether oxygens (including phenoxy) is 4. The van der Waals surface area contributed by atoms with Crippen molar-refractivity contribution in [2.45, 2.75) is 51.5 Å².